The van der Waals surface area contributed by atoms with Crippen molar-refractivity contribution in [1.82, 2.24) is 19.4 Å². The minimum absolute atomic E-state index is 0.266. The van der Waals surface area contributed by atoms with E-state index in [1.807, 2.05) is 5.38 Å². The number of carbonyl (C=O) groups excluding carboxylic acids is 1. The minimum atomic E-state index is 0.266. The molecule has 0 bridgehead atoms. The fraction of sp³-hybridized carbons (Fsp3) is 0.800. The molecule has 2 fully saturated rings. The van der Waals surface area contributed by atoms with Crippen molar-refractivity contribution in [1.29, 1.82) is 0 Å². The number of hydrogen-bond acceptors (Lipinski definition) is 5. The number of rotatable bonds is 4. The van der Waals surface area contributed by atoms with Gasteiger partial charge in [-0.05, 0) is 56.6 Å². The zero-order chi connectivity index (χ0) is 14.7. The van der Waals surface area contributed by atoms with Gasteiger partial charge < -0.3 is 4.90 Å². The van der Waals surface area contributed by atoms with Crippen molar-refractivity contribution in [3.05, 3.63) is 11.1 Å². The summed E-state index contributed by atoms with van der Waals surface area (Å²) in [6, 6.07) is 0.952. The van der Waals surface area contributed by atoms with Crippen LogP contribution in [0, 0.1) is 0 Å². The van der Waals surface area contributed by atoms with Gasteiger partial charge in [-0.2, -0.15) is 0 Å². The summed E-state index contributed by atoms with van der Waals surface area (Å²) in [4.78, 5) is 16.7. The smallest absolute Gasteiger partial charge is 0.219 e. The van der Waals surface area contributed by atoms with Crippen LogP contribution in [0.4, 0.5) is 0 Å². The minimum Gasteiger partial charge on any atom is -0.337 e. The predicted octanol–water partition coefficient (Wildman–Crippen LogP) is 2.29. The summed E-state index contributed by atoms with van der Waals surface area (Å²) in [5.74, 6) is 0.266. The average molecular weight is 308 g/mol. The molecular weight excluding hydrogens is 284 g/mol. The highest BCUT2D eigenvalue weighted by atomic mass is 32.1. The van der Waals surface area contributed by atoms with Gasteiger partial charge in [0.25, 0.3) is 0 Å². The largest absolute Gasteiger partial charge is 0.337 e. The average Bonchev–Trinajstić information content (AvgIpc) is 2.79. The topological polar surface area (TPSA) is 49.3 Å². The second kappa shape index (κ2) is 6.83. The van der Waals surface area contributed by atoms with E-state index in [-0.39, 0.29) is 5.91 Å². The molecule has 5 nitrogen and oxygen atoms in total. The standard InChI is InChI=1S/C15H24N4OS/c1-12(20)19(14-4-2-5-14)15-6-3-8-18(9-7-15)10-13-11-21-17-16-13/h11,14-15H,2-10H2,1H3/t15-/m0/s1. The summed E-state index contributed by atoms with van der Waals surface area (Å²) in [7, 11) is 0. The molecule has 0 spiro atoms. The Bertz CT molecular complexity index is 460. The summed E-state index contributed by atoms with van der Waals surface area (Å²) in [5, 5.41) is 6.16. The lowest BCUT2D eigenvalue weighted by Gasteiger charge is -2.42. The third-order valence-electron chi connectivity index (χ3n) is 4.81. The van der Waals surface area contributed by atoms with E-state index in [1.165, 1.54) is 37.2 Å². The van der Waals surface area contributed by atoms with Gasteiger partial charge in [-0.15, -0.1) is 5.10 Å². The Kier molecular flexibility index (Phi) is 4.85. The molecule has 21 heavy (non-hydrogen) atoms. The first-order chi connectivity index (χ1) is 10.2. The summed E-state index contributed by atoms with van der Waals surface area (Å²) in [6.45, 7) is 4.79. The fourth-order valence-electron chi connectivity index (χ4n) is 3.53. The van der Waals surface area contributed by atoms with Gasteiger partial charge in [0.05, 0.1) is 5.69 Å². The Morgan fingerprint density at radius 1 is 1.29 bits per heavy atom. The van der Waals surface area contributed by atoms with Crippen LogP contribution in [0.5, 0.6) is 0 Å². The van der Waals surface area contributed by atoms with Crippen molar-refractivity contribution < 1.29 is 4.79 Å². The van der Waals surface area contributed by atoms with Crippen LogP contribution in [0.1, 0.15) is 51.1 Å². The second-order valence-electron chi connectivity index (χ2n) is 6.27. The van der Waals surface area contributed by atoms with Crippen LogP contribution >= 0.6 is 11.5 Å². The maximum absolute atomic E-state index is 12.0. The molecule has 1 amide bonds. The third-order valence-corrected chi connectivity index (χ3v) is 5.36. The molecule has 1 aromatic heterocycles. The molecule has 1 aliphatic carbocycles. The molecule has 1 aromatic rings. The van der Waals surface area contributed by atoms with Crippen LogP contribution in [0.2, 0.25) is 0 Å². The van der Waals surface area contributed by atoms with Crippen LogP contribution in [0.15, 0.2) is 5.38 Å². The Labute approximate surface area is 130 Å². The van der Waals surface area contributed by atoms with Gasteiger partial charge in [0.1, 0.15) is 0 Å². The van der Waals surface area contributed by atoms with E-state index in [2.05, 4.69) is 19.4 Å². The molecular formula is C15H24N4OS. The van der Waals surface area contributed by atoms with Gasteiger partial charge in [0.15, 0.2) is 0 Å². The van der Waals surface area contributed by atoms with E-state index < -0.39 is 0 Å². The maximum Gasteiger partial charge on any atom is 0.219 e. The number of carbonyl (C=O) groups is 1. The van der Waals surface area contributed by atoms with Crippen LogP contribution < -0.4 is 0 Å². The quantitative estimate of drug-likeness (QED) is 0.856. The highest BCUT2D eigenvalue weighted by molar-refractivity contribution is 7.03. The van der Waals surface area contributed by atoms with Gasteiger partial charge in [0, 0.05) is 37.5 Å². The van der Waals surface area contributed by atoms with Gasteiger partial charge in [0.2, 0.25) is 5.91 Å². The predicted molar refractivity (Wildman–Crippen MR) is 83.0 cm³/mol. The zero-order valence-corrected chi connectivity index (χ0v) is 13.5. The number of likely N-dealkylation sites (tertiary alicyclic amines) is 1. The summed E-state index contributed by atoms with van der Waals surface area (Å²) in [6.07, 6.45) is 7.08. The van der Waals surface area contributed by atoms with E-state index in [0.717, 1.165) is 38.2 Å². The van der Waals surface area contributed by atoms with Crippen molar-refractivity contribution in [2.75, 3.05) is 13.1 Å². The highest BCUT2D eigenvalue weighted by Crippen LogP contribution is 2.30. The lowest BCUT2D eigenvalue weighted by atomic mass is 9.89. The molecule has 0 aromatic carbocycles. The van der Waals surface area contributed by atoms with Gasteiger partial charge in [-0.1, -0.05) is 4.49 Å². The molecule has 0 N–H and O–H groups in total. The van der Waals surface area contributed by atoms with Crippen molar-refractivity contribution in [3.8, 4) is 0 Å². The monoisotopic (exact) mass is 308 g/mol. The molecule has 116 valence electrons. The Morgan fingerprint density at radius 2 is 2.05 bits per heavy atom. The first-order valence-corrected chi connectivity index (χ1v) is 8.85. The van der Waals surface area contributed by atoms with E-state index in [1.54, 1.807) is 6.92 Å². The van der Waals surface area contributed by atoms with E-state index in [9.17, 15) is 4.79 Å². The van der Waals surface area contributed by atoms with E-state index in [0.29, 0.717) is 12.1 Å². The zero-order valence-electron chi connectivity index (χ0n) is 12.7. The first-order valence-electron chi connectivity index (χ1n) is 8.01. The Morgan fingerprint density at radius 3 is 2.67 bits per heavy atom. The molecule has 1 saturated carbocycles. The van der Waals surface area contributed by atoms with Crippen molar-refractivity contribution in [2.45, 2.75) is 64.1 Å². The number of nitrogens with zero attached hydrogens (tertiary/aromatic N) is 4. The molecule has 1 saturated heterocycles. The van der Waals surface area contributed by atoms with Crippen LogP contribution in [-0.4, -0.2) is 50.5 Å². The Hall–Kier alpha value is -1.01. The van der Waals surface area contributed by atoms with Crippen molar-refractivity contribution in [2.24, 2.45) is 0 Å². The molecule has 1 aliphatic heterocycles. The van der Waals surface area contributed by atoms with Crippen LogP contribution in [-0.2, 0) is 11.3 Å². The molecule has 6 heteroatoms. The van der Waals surface area contributed by atoms with Gasteiger partial charge in [-0.3, -0.25) is 9.69 Å². The molecule has 2 aliphatic rings. The second-order valence-corrected chi connectivity index (χ2v) is 6.88. The van der Waals surface area contributed by atoms with Crippen LogP contribution in [0.25, 0.3) is 0 Å². The summed E-state index contributed by atoms with van der Waals surface area (Å²) in [5.41, 5.74) is 1.07. The number of hydrogen-bond donors (Lipinski definition) is 0. The van der Waals surface area contributed by atoms with Crippen LogP contribution in [0.3, 0.4) is 0 Å². The third kappa shape index (κ3) is 3.61. The normalized spacial score (nSPS) is 24.3. The Balaban J connectivity index is 1.57. The van der Waals surface area contributed by atoms with Gasteiger partial charge >= 0.3 is 0 Å². The molecule has 2 heterocycles. The first kappa shape index (κ1) is 14.9. The highest BCUT2D eigenvalue weighted by Gasteiger charge is 2.33. The van der Waals surface area contributed by atoms with Crippen molar-refractivity contribution in [3.63, 3.8) is 0 Å². The maximum atomic E-state index is 12.0. The number of aromatic nitrogens is 2. The summed E-state index contributed by atoms with van der Waals surface area (Å²) >= 11 is 1.42. The molecule has 0 unspecified atom stereocenters. The van der Waals surface area contributed by atoms with Gasteiger partial charge in [-0.25, -0.2) is 0 Å². The molecule has 1 atom stereocenters. The summed E-state index contributed by atoms with van der Waals surface area (Å²) < 4.78 is 3.93. The van der Waals surface area contributed by atoms with E-state index >= 15 is 0 Å². The molecule has 0 radical (unpaired) electrons. The van der Waals surface area contributed by atoms with Crippen molar-refractivity contribution >= 4 is 17.4 Å². The fourth-order valence-corrected chi connectivity index (χ4v) is 3.98. The lowest BCUT2D eigenvalue weighted by molar-refractivity contribution is -0.136. The SMILES string of the molecule is CC(=O)N(C1CCC1)[C@H]1CCCN(Cc2csnn2)CC1. The lowest BCUT2D eigenvalue weighted by Crippen LogP contribution is -2.49. The van der Waals surface area contributed by atoms with E-state index in [4.69, 9.17) is 0 Å². The molecule has 3 rings (SSSR count). The number of amides is 1.